The molecule has 0 aliphatic heterocycles. The Morgan fingerprint density at radius 1 is 1.41 bits per heavy atom. The van der Waals surface area contributed by atoms with Gasteiger partial charge in [-0.2, -0.15) is 16.4 Å². The summed E-state index contributed by atoms with van der Waals surface area (Å²) in [6.45, 7) is 3.15. The van der Waals surface area contributed by atoms with Crippen LogP contribution in [0.15, 0.2) is 29.1 Å². The van der Waals surface area contributed by atoms with Crippen molar-refractivity contribution < 1.29 is 0 Å². The van der Waals surface area contributed by atoms with Gasteiger partial charge < -0.3 is 5.32 Å². The number of nitrogens with zero attached hydrogens (tertiary/aromatic N) is 2. The standard InChI is InChI=1S/C13H19N3S/c1-3-14-13(8-11-5-7-17-10-11)9-12-4-6-16(2)15-12/h4-7,10,13-14H,3,8-9H2,1-2H3. The molecule has 92 valence electrons. The number of hydrogen-bond donors (Lipinski definition) is 1. The second kappa shape index (κ2) is 5.98. The lowest BCUT2D eigenvalue weighted by atomic mass is 10.0. The average Bonchev–Trinajstić information content (AvgIpc) is 2.91. The highest BCUT2D eigenvalue weighted by molar-refractivity contribution is 7.07. The highest BCUT2D eigenvalue weighted by Crippen LogP contribution is 2.11. The Morgan fingerprint density at radius 2 is 2.29 bits per heavy atom. The first-order valence-electron chi connectivity index (χ1n) is 6.01. The highest BCUT2D eigenvalue weighted by Gasteiger charge is 2.11. The second-order valence-corrected chi connectivity index (χ2v) is 5.06. The van der Waals surface area contributed by atoms with Crippen molar-refractivity contribution in [3.63, 3.8) is 0 Å². The van der Waals surface area contributed by atoms with Crippen molar-refractivity contribution in [2.24, 2.45) is 7.05 Å². The van der Waals surface area contributed by atoms with E-state index in [0.29, 0.717) is 6.04 Å². The van der Waals surface area contributed by atoms with Crippen LogP contribution in [0.1, 0.15) is 18.2 Å². The smallest absolute Gasteiger partial charge is 0.0640 e. The average molecular weight is 249 g/mol. The van der Waals surface area contributed by atoms with Crippen LogP contribution in [0, 0.1) is 0 Å². The van der Waals surface area contributed by atoms with Crippen LogP contribution in [0.3, 0.4) is 0 Å². The van der Waals surface area contributed by atoms with Crippen molar-refractivity contribution in [2.45, 2.75) is 25.8 Å². The second-order valence-electron chi connectivity index (χ2n) is 4.28. The van der Waals surface area contributed by atoms with E-state index >= 15 is 0 Å². The number of nitrogens with one attached hydrogen (secondary N) is 1. The van der Waals surface area contributed by atoms with Crippen molar-refractivity contribution >= 4 is 11.3 Å². The molecule has 0 radical (unpaired) electrons. The number of thiophene rings is 1. The lowest BCUT2D eigenvalue weighted by molar-refractivity contribution is 0.514. The highest BCUT2D eigenvalue weighted by atomic mass is 32.1. The van der Waals surface area contributed by atoms with E-state index in [4.69, 9.17) is 0 Å². The van der Waals surface area contributed by atoms with E-state index in [0.717, 1.165) is 25.1 Å². The largest absolute Gasteiger partial charge is 0.314 e. The molecule has 0 saturated heterocycles. The fraction of sp³-hybridized carbons (Fsp3) is 0.462. The van der Waals surface area contributed by atoms with E-state index in [1.54, 1.807) is 11.3 Å². The summed E-state index contributed by atoms with van der Waals surface area (Å²) in [5.41, 5.74) is 2.57. The molecule has 1 atom stereocenters. The minimum absolute atomic E-state index is 0.476. The zero-order valence-electron chi connectivity index (χ0n) is 10.4. The molecule has 0 spiro atoms. The molecule has 1 unspecified atom stereocenters. The van der Waals surface area contributed by atoms with E-state index in [9.17, 15) is 0 Å². The normalized spacial score (nSPS) is 12.8. The van der Waals surface area contributed by atoms with Gasteiger partial charge in [-0.15, -0.1) is 0 Å². The molecule has 2 aromatic heterocycles. The van der Waals surface area contributed by atoms with Gasteiger partial charge in [-0.05, 0) is 41.4 Å². The van der Waals surface area contributed by atoms with Crippen molar-refractivity contribution in [1.29, 1.82) is 0 Å². The van der Waals surface area contributed by atoms with Crippen molar-refractivity contribution in [3.8, 4) is 0 Å². The van der Waals surface area contributed by atoms with Crippen molar-refractivity contribution in [3.05, 3.63) is 40.3 Å². The molecule has 2 heterocycles. The van der Waals surface area contributed by atoms with Crippen LogP contribution in [-0.4, -0.2) is 22.4 Å². The number of aryl methyl sites for hydroxylation is 1. The maximum absolute atomic E-state index is 4.44. The minimum atomic E-state index is 0.476. The number of likely N-dealkylation sites (N-methyl/N-ethyl adjacent to an activating group) is 1. The van der Waals surface area contributed by atoms with Gasteiger partial charge >= 0.3 is 0 Å². The molecule has 17 heavy (non-hydrogen) atoms. The first-order valence-corrected chi connectivity index (χ1v) is 6.95. The molecule has 0 amide bonds. The number of aromatic nitrogens is 2. The molecule has 0 saturated carbocycles. The lowest BCUT2D eigenvalue weighted by Crippen LogP contribution is -2.33. The molecular formula is C13H19N3S. The van der Waals surface area contributed by atoms with Crippen LogP contribution in [0.5, 0.6) is 0 Å². The Kier molecular flexibility index (Phi) is 4.34. The quantitative estimate of drug-likeness (QED) is 0.851. The first kappa shape index (κ1) is 12.3. The molecule has 0 bridgehead atoms. The third-order valence-corrected chi connectivity index (χ3v) is 3.51. The first-order chi connectivity index (χ1) is 8.28. The predicted molar refractivity (Wildman–Crippen MR) is 72.4 cm³/mol. The Morgan fingerprint density at radius 3 is 2.88 bits per heavy atom. The van der Waals surface area contributed by atoms with Gasteiger partial charge in [-0.25, -0.2) is 0 Å². The molecular weight excluding hydrogens is 230 g/mol. The monoisotopic (exact) mass is 249 g/mol. The Bertz CT molecular complexity index is 433. The minimum Gasteiger partial charge on any atom is -0.314 e. The van der Waals surface area contributed by atoms with Gasteiger partial charge in [0.15, 0.2) is 0 Å². The zero-order chi connectivity index (χ0) is 12.1. The number of hydrogen-bond acceptors (Lipinski definition) is 3. The van der Waals surface area contributed by atoms with Gasteiger partial charge in [-0.1, -0.05) is 6.92 Å². The van der Waals surface area contributed by atoms with E-state index in [1.807, 2.05) is 17.9 Å². The Hall–Kier alpha value is -1.13. The van der Waals surface area contributed by atoms with Gasteiger partial charge in [-0.3, -0.25) is 4.68 Å². The summed E-state index contributed by atoms with van der Waals surface area (Å²) in [5, 5.41) is 12.3. The van der Waals surface area contributed by atoms with Crippen LogP contribution < -0.4 is 5.32 Å². The summed E-state index contributed by atoms with van der Waals surface area (Å²) in [6.07, 6.45) is 4.07. The van der Waals surface area contributed by atoms with Crippen molar-refractivity contribution in [1.82, 2.24) is 15.1 Å². The molecule has 4 heteroatoms. The van der Waals surface area contributed by atoms with Crippen molar-refractivity contribution in [2.75, 3.05) is 6.54 Å². The van der Waals surface area contributed by atoms with Gasteiger partial charge in [0.1, 0.15) is 0 Å². The Labute approximate surface area is 106 Å². The zero-order valence-corrected chi connectivity index (χ0v) is 11.2. The van der Waals surface area contributed by atoms with E-state index in [-0.39, 0.29) is 0 Å². The van der Waals surface area contributed by atoms with E-state index in [1.165, 1.54) is 5.56 Å². The summed E-state index contributed by atoms with van der Waals surface area (Å²) in [5.74, 6) is 0. The molecule has 2 rings (SSSR count). The summed E-state index contributed by atoms with van der Waals surface area (Å²) in [6, 6.07) is 4.77. The van der Waals surface area contributed by atoms with Gasteiger partial charge in [0.05, 0.1) is 5.69 Å². The lowest BCUT2D eigenvalue weighted by Gasteiger charge is -2.16. The third-order valence-electron chi connectivity index (χ3n) is 2.78. The fourth-order valence-corrected chi connectivity index (χ4v) is 2.70. The van der Waals surface area contributed by atoms with Gasteiger partial charge in [0.25, 0.3) is 0 Å². The van der Waals surface area contributed by atoms with E-state index in [2.05, 4.69) is 40.2 Å². The maximum atomic E-state index is 4.44. The van der Waals surface area contributed by atoms with Crippen LogP contribution in [0.4, 0.5) is 0 Å². The third kappa shape index (κ3) is 3.68. The molecule has 0 aliphatic rings. The molecule has 0 aliphatic carbocycles. The SMILES string of the molecule is CCNC(Cc1ccsc1)Cc1ccn(C)n1. The van der Waals surface area contributed by atoms with Gasteiger partial charge in [0, 0.05) is 25.7 Å². The van der Waals surface area contributed by atoms with Crippen LogP contribution in [0.25, 0.3) is 0 Å². The van der Waals surface area contributed by atoms with Crippen LogP contribution in [-0.2, 0) is 19.9 Å². The molecule has 1 N–H and O–H groups in total. The summed E-state index contributed by atoms with van der Waals surface area (Å²) in [4.78, 5) is 0. The molecule has 0 fully saturated rings. The predicted octanol–water partition coefficient (Wildman–Crippen LogP) is 2.24. The maximum Gasteiger partial charge on any atom is 0.0640 e. The Balaban J connectivity index is 1.97. The fourth-order valence-electron chi connectivity index (χ4n) is 2.02. The van der Waals surface area contributed by atoms with Gasteiger partial charge in [0.2, 0.25) is 0 Å². The topological polar surface area (TPSA) is 29.9 Å². The molecule has 2 aromatic rings. The van der Waals surface area contributed by atoms with Crippen LogP contribution in [0.2, 0.25) is 0 Å². The molecule has 3 nitrogen and oxygen atoms in total. The summed E-state index contributed by atoms with van der Waals surface area (Å²) < 4.78 is 1.86. The summed E-state index contributed by atoms with van der Waals surface area (Å²) >= 11 is 1.76. The number of rotatable bonds is 6. The summed E-state index contributed by atoms with van der Waals surface area (Å²) in [7, 11) is 1.96. The van der Waals surface area contributed by atoms with E-state index < -0.39 is 0 Å². The molecule has 0 aromatic carbocycles. The van der Waals surface area contributed by atoms with Crippen LogP contribution >= 0.6 is 11.3 Å².